The van der Waals surface area contributed by atoms with Crippen LogP contribution in [0.15, 0.2) is 27.9 Å². The number of carbonyl (C=O) groups is 1. The molecule has 0 aliphatic carbocycles. The number of ether oxygens (including phenoxy) is 5. The van der Waals surface area contributed by atoms with E-state index >= 15 is 0 Å². The van der Waals surface area contributed by atoms with E-state index in [1.165, 1.54) is 33.4 Å². The molecule has 0 saturated carbocycles. The summed E-state index contributed by atoms with van der Waals surface area (Å²) < 4.78 is 27.1. The molecule has 0 spiro atoms. The molecule has 0 radical (unpaired) electrons. The molecule has 1 saturated heterocycles. The molecule has 14 heteroatoms. The van der Waals surface area contributed by atoms with Crippen molar-refractivity contribution in [1.29, 1.82) is 0 Å². The van der Waals surface area contributed by atoms with Gasteiger partial charge in [-0.3, -0.25) is 24.5 Å². The van der Waals surface area contributed by atoms with Crippen molar-refractivity contribution in [2.75, 3.05) is 20.8 Å². The Kier molecular flexibility index (Phi) is 7.53. The lowest BCUT2D eigenvalue weighted by atomic mass is 10.1. The Labute approximate surface area is 191 Å². The topological polar surface area (TPSA) is 181 Å². The molecule has 0 amide bonds. The van der Waals surface area contributed by atoms with E-state index in [0.717, 1.165) is 10.6 Å². The number of nitro groups is 1. The van der Waals surface area contributed by atoms with E-state index in [0.29, 0.717) is 0 Å². The quantitative estimate of drug-likeness (QED) is 0.309. The van der Waals surface area contributed by atoms with Crippen LogP contribution in [0.2, 0.25) is 0 Å². The summed E-state index contributed by atoms with van der Waals surface area (Å²) in [5.74, 6) is 0.335. The Morgan fingerprint density at radius 1 is 1.29 bits per heavy atom. The summed E-state index contributed by atoms with van der Waals surface area (Å²) in [6.07, 6.45) is -2.74. The number of aliphatic hydroxyl groups is 1. The molecule has 1 aromatic carbocycles. The van der Waals surface area contributed by atoms with Crippen molar-refractivity contribution in [3.8, 4) is 11.5 Å². The number of aryl methyl sites for hydroxylation is 1. The van der Waals surface area contributed by atoms with Crippen LogP contribution in [0, 0.1) is 17.0 Å². The molecular formula is C20H23N3O11. The normalized spacial score (nSPS) is 19.5. The van der Waals surface area contributed by atoms with Gasteiger partial charge in [0, 0.05) is 18.2 Å². The molecule has 34 heavy (non-hydrogen) atoms. The first-order valence-corrected chi connectivity index (χ1v) is 9.99. The summed E-state index contributed by atoms with van der Waals surface area (Å²) in [5, 5.41) is 21.0. The third-order valence-electron chi connectivity index (χ3n) is 5.19. The molecule has 1 fully saturated rings. The molecule has 1 aliphatic heterocycles. The van der Waals surface area contributed by atoms with Crippen LogP contribution >= 0.6 is 0 Å². The third kappa shape index (κ3) is 5.18. The number of aliphatic hydroxyl groups excluding tert-OH is 1. The number of nitrogens with one attached hydrogen (secondary N) is 1. The fourth-order valence-electron chi connectivity index (χ4n) is 3.45. The maximum absolute atomic E-state index is 12.3. The average molecular weight is 481 g/mol. The molecular weight excluding hydrogens is 458 g/mol. The van der Waals surface area contributed by atoms with E-state index in [1.54, 1.807) is 0 Å². The molecule has 1 aromatic heterocycles. The van der Waals surface area contributed by atoms with Crippen molar-refractivity contribution in [1.82, 2.24) is 9.55 Å². The molecule has 3 rings (SSSR count). The number of aromatic amines is 1. The van der Waals surface area contributed by atoms with Gasteiger partial charge < -0.3 is 28.8 Å². The minimum absolute atomic E-state index is 0.0117. The fraction of sp³-hybridized carbons (Fsp3) is 0.450. The minimum atomic E-state index is -1.17. The van der Waals surface area contributed by atoms with Crippen LogP contribution in [0.3, 0.4) is 0 Å². The minimum Gasteiger partial charge on any atom is -0.493 e. The van der Waals surface area contributed by atoms with Gasteiger partial charge in [-0.05, 0) is 13.0 Å². The molecule has 3 atom stereocenters. The van der Waals surface area contributed by atoms with Gasteiger partial charge >= 0.3 is 11.8 Å². The Bertz CT molecular complexity index is 1190. The van der Waals surface area contributed by atoms with Crippen molar-refractivity contribution in [3.05, 3.63) is 60.4 Å². The van der Waals surface area contributed by atoms with Gasteiger partial charge in [0.1, 0.15) is 25.0 Å². The van der Waals surface area contributed by atoms with Crippen molar-refractivity contribution in [2.45, 2.75) is 38.4 Å². The molecule has 184 valence electrons. The highest BCUT2D eigenvalue weighted by Crippen LogP contribution is 2.35. The maximum Gasteiger partial charge on any atom is 0.508 e. The van der Waals surface area contributed by atoms with E-state index in [2.05, 4.69) is 4.98 Å². The number of rotatable bonds is 8. The molecule has 14 nitrogen and oxygen atoms in total. The first-order chi connectivity index (χ1) is 16.2. The van der Waals surface area contributed by atoms with Crippen LogP contribution in [0.25, 0.3) is 0 Å². The molecule has 0 unspecified atom stereocenters. The number of nitrogens with zero attached hydrogens (tertiary/aromatic N) is 2. The second-order valence-electron chi connectivity index (χ2n) is 7.31. The predicted octanol–water partition coefficient (Wildman–Crippen LogP) is 0.772. The predicted molar refractivity (Wildman–Crippen MR) is 113 cm³/mol. The molecule has 2 aromatic rings. The summed E-state index contributed by atoms with van der Waals surface area (Å²) in [5.41, 5.74) is -1.31. The van der Waals surface area contributed by atoms with Gasteiger partial charge in [-0.15, -0.1) is 0 Å². The lowest BCUT2D eigenvalue weighted by Gasteiger charge is -2.16. The molecule has 1 aliphatic rings. The number of hydrogen-bond acceptors (Lipinski definition) is 11. The Morgan fingerprint density at radius 3 is 2.59 bits per heavy atom. The van der Waals surface area contributed by atoms with Gasteiger partial charge in [-0.25, -0.2) is 9.59 Å². The lowest BCUT2D eigenvalue weighted by molar-refractivity contribution is -0.385. The number of aromatic nitrogens is 2. The van der Waals surface area contributed by atoms with Gasteiger partial charge in [-0.1, -0.05) is 0 Å². The summed E-state index contributed by atoms with van der Waals surface area (Å²) in [7, 11) is 2.68. The zero-order valence-electron chi connectivity index (χ0n) is 18.5. The molecule has 2 N–H and O–H groups in total. The molecule has 2 heterocycles. The largest absolute Gasteiger partial charge is 0.508 e. The summed E-state index contributed by atoms with van der Waals surface area (Å²) in [6.45, 7) is 0.480. The number of nitro benzene ring substituents is 1. The van der Waals surface area contributed by atoms with E-state index in [-0.39, 0.29) is 34.7 Å². The van der Waals surface area contributed by atoms with Crippen LogP contribution in [-0.4, -0.2) is 58.8 Å². The smallest absolute Gasteiger partial charge is 0.493 e. The van der Waals surface area contributed by atoms with E-state index < -0.39 is 54.0 Å². The highest BCUT2D eigenvalue weighted by molar-refractivity contribution is 5.61. The number of H-pyrrole nitrogens is 1. The van der Waals surface area contributed by atoms with Crippen molar-refractivity contribution in [2.24, 2.45) is 0 Å². The first-order valence-electron chi connectivity index (χ1n) is 9.99. The van der Waals surface area contributed by atoms with Crippen LogP contribution in [0.5, 0.6) is 11.5 Å². The monoisotopic (exact) mass is 481 g/mol. The Hall–Kier alpha value is -3.91. The van der Waals surface area contributed by atoms with E-state index in [4.69, 9.17) is 23.7 Å². The average Bonchev–Trinajstić information content (AvgIpc) is 3.21. The summed E-state index contributed by atoms with van der Waals surface area (Å²) >= 11 is 0. The summed E-state index contributed by atoms with van der Waals surface area (Å²) in [4.78, 5) is 48.8. The number of carbonyl (C=O) groups excluding carboxylic acids is 1. The first kappa shape index (κ1) is 24.7. The Balaban J connectivity index is 1.70. The van der Waals surface area contributed by atoms with Crippen LogP contribution < -0.4 is 20.7 Å². The number of hydrogen-bond donors (Lipinski definition) is 2. The second-order valence-corrected chi connectivity index (χ2v) is 7.31. The van der Waals surface area contributed by atoms with Crippen molar-refractivity contribution in [3.63, 3.8) is 0 Å². The zero-order chi connectivity index (χ0) is 25.0. The van der Waals surface area contributed by atoms with Gasteiger partial charge in [0.05, 0.1) is 37.4 Å². The summed E-state index contributed by atoms with van der Waals surface area (Å²) in [6, 6.07) is 2.45. The van der Waals surface area contributed by atoms with Crippen LogP contribution in [0.1, 0.15) is 23.8 Å². The highest BCUT2D eigenvalue weighted by atomic mass is 16.7. The van der Waals surface area contributed by atoms with Crippen LogP contribution in [0.4, 0.5) is 10.5 Å². The maximum atomic E-state index is 12.3. The standard InChI is InChI=1S/C20H23N3O11/c1-10-7-22(19(26)21-18(10)25)17-6-15(16(8-24)33-17)34-20(27)32-9-11-4-13(30-2)14(31-3)5-12(11)23(28)29/h4-5,7,15-17,24H,6,8-9H2,1-3H3,(H,21,25,26)/t15-,16+,17+/m0/s1. The molecule has 0 bridgehead atoms. The van der Waals surface area contributed by atoms with Crippen LogP contribution in [-0.2, 0) is 20.8 Å². The van der Waals surface area contributed by atoms with E-state index in [1.807, 2.05) is 0 Å². The lowest BCUT2D eigenvalue weighted by Crippen LogP contribution is -2.33. The Morgan fingerprint density at radius 2 is 1.97 bits per heavy atom. The highest BCUT2D eigenvalue weighted by Gasteiger charge is 2.39. The van der Waals surface area contributed by atoms with Crippen molar-refractivity contribution >= 4 is 11.8 Å². The van der Waals surface area contributed by atoms with Gasteiger partial charge in [0.15, 0.2) is 11.5 Å². The SMILES string of the molecule is COc1cc(COC(=O)O[C@H]2C[C@H](n3cc(C)c(=O)[nH]c3=O)O[C@@H]2CO)c([N+](=O)[O-])cc1OC. The number of methoxy groups -OCH3 is 2. The van der Waals surface area contributed by atoms with Gasteiger partial charge in [0.25, 0.3) is 11.2 Å². The van der Waals surface area contributed by atoms with E-state index in [9.17, 15) is 29.6 Å². The second kappa shape index (κ2) is 10.4. The van der Waals surface area contributed by atoms with Crippen molar-refractivity contribution < 1.29 is 38.5 Å². The van der Waals surface area contributed by atoms with Gasteiger partial charge in [0.2, 0.25) is 0 Å². The third-order valence-corrected chi connectivity index (χ3v) is 5.19. The zero-order valence-corrected chi connectivity index (χ0v) is 18.5. The fourth-order valence-corrected chi connectivity index (χ4v) is 3.45. The number of benzene rings is 1. The van der Waals surface area contributed by atoms with Gasteiger partial charge in [-0.2, -0.15) is 0 Å².